The van der Waals surface area contributed by atoms with E-state index in [9.17, 15) is 39.9 Å². The normalized spacial score (nSPS) is 12.9. The van der Waals surface area contributed by atoms with Gasteiger partial charge in [0.05, 0.1) is 6.54 Å². The van der Waals surface area contributed by atoms with Crippen molar-refractivity contribution in [1.82, 2.24) is 9.78 Å². The minimum absolute atomic E-state index is 0.0110. The van der Waals surface area contributed by atoms with Crippen molar-refractivity contribution in [3.63, 3.8) is 0 Å². The fraction of sp³-hybridized carbons (Fsp3) is 0.333. The summed E-state index contributed by atoms with van der Waals surface area (Å²) in [5, 5.41) is 4.89. The van der Waals surface area contributed by atoms with E-state index in [0.717, 1.165) is 22.9 Å². The van der Waals surface area contributed by atoms with Gasteiger partial charge in [-0.2, -0.15) is 35.8 Å². The first-order valence-corrected chi connectivity index (χ1v) is 7.67. The monoisotopic (exact) mass is 435 g/mol. The molecule has 0 fully saturated rings. The van der Waals surface area contributed by atoms with Crippen LogP contribution in [0.5, 0.6) is 0 Å². The number of carbonyl (C=O) groups excluding carboxylic acids is 1. The minimum atomic E-state index is -6.64. The van der Waals surface area contributed by atoms with E-state index in [1.165, 1.54) is 18.3 Å². The molecule has 0 saturated carbocycles. The van der Waals surface area contributed by atoms with E-state index in [0.29, 0.717) is 5.56 Å². The zero-order valence-electron chi connectivity index (χ0n) is 13.7. The molecule has 1 aromatic heterocycles. The first-order valence-electron chi connectivity index (χ1n) is 7.29. The molecule has 0 radical (unpaired) electrons. The number of hydrogen-bond donors (Lipinski definition) is 1. The Kier molecular flexibility index (Phi) is 5.66. The number of alkyl halides is 7. The van der Waals surface area contributed by atoms with Crippen molar-refractivity contribution in [3.05, 3.63) is 46.4 Å². The zero-order chi connectivity index (χ0) is 21.5. The van der Waals surface area contributed by atoms with Crippen molar-refractivity contribution in [2.24, 2.45) is 0 Å². The highest BCUT2D eigenvalue weighted by Crippen LogP contribution is 2.46. The zero-order valence-corrected chi connectivity index (χ0v) is 14.5. The van der Waals surface area contributed by atoms with Gasteiger partial charge in [-0.05, 0) is 24.6 Å². The first kappa shape index (κ1) is 21.9. The molecule has 0 aliphatic rings. The third-order valence-electron chi connectivity index (χ3n) is 3.59. The molecular weight excluding hydrogens is 426 g/mol. The maximum Gasteiger partial charge on any atom is 0.460 e. The molecule has 1 N–H and O–H groups in total. The summed E-state index contributed by atoms with van der Waals surface area (Å²) in [6.07, 6.45) is -6.64. The first-order chi connectivity index (χ1) is 12.7. The van der Waals surface area contributed by atoms with Crippen LogP contribution in [0.4, 0.5) is 40.9 Å². The Morgan fingerprint density at radius 2 is 1.75 bits per heavy atom. The summed E-state index contributed by atoms with van der Waals surface area (Å²) in [4.78, 5) is 11.3. The lowest BCUT2D eigenvalue weighted by atomic mass is 10.1. The average Bonchev–Trinajstić information content (AvgIpc) is 2.88. The van der Waals surface area contributed by atoms with Crippen molar-refractivity contribution < 1.29 is 39.9 Å². The summed E-state index contributed by atoms with van der Waals surface area (Å²) in [7, 11) is 0. The number of anilines is 1. The van der Waals surface area contributed by atoms with Crippen molar-refractivity contribution >= 4 is 23.3 Å². The van der Waals surface area contributed by atoms with E-state index in [4.69, 9.17) is 11.6 Å². The SMILES string of the molecule is Cc1cc(NC(=O)C(F)(F)C(F)(F)C(F)(F)F)nn1Cc1ccc(F)cc1Cl. The third-order valence-corrected chi connectivity index (χ3v) is 3.95. The Morgan fingerprint density at radius 3 is 2.29 bits per heavy atom. The summed E-state index contributed by atoms with van der Waals surface area (Å²) >= 11 is 5.84. The number of rotatable bonds is 5. The predicted octanol–water partition coefficient (Wildman–Crippen LogP) is 4.80. The van der Waals surface area contributed by atoms with Gasteiger partial charge in [-0.1, -0.05) is 17.7 Å². The Labute approximate surface area is 157 Å². The molecule has 1 heterocycles. The molecule has 2 aromatic rings. The van der Waals surface area contributed by atoms with E-state index in [-0.39, 0.29) is 17.3 Å². The highest BCUT2D eigenvalue weighted by atomic mass is 35.5. The second kappa shape index (κ2) is 7.22. The van der Waals surface area contributed by atoms with Gasteiger partial charge < -0.3 is 5.32 Å². The molecule has 0 atom stereocenters. The topological polar surface area (TPSA) is 46.9 Å². The van der Waals surface area contributed by atoms with Gasteiger partial charge in [-0.15, -0.1) is 0 Å². The van der Waals surface area contributed by atoms with E-state index in [1.807, 2.05) is 0 Å². The molecule has 1 aromatic carbocycles. The predicted molar refractivity (Wildman–Crippen MR) is 82.1 cm³/mol. The molecule has 0 bridgehead atoms. The van der Waals surface area contributed by atoms with Crippen LogP contribution in [0.2, 0.25) is 5.02 Å². The summed E-state index contributed by atoms with van der Waals surface area (Å²) < 4.78 is 103. The highest BCUT2D eigenvalue weighted by Gasteiger charge is 2.76. The molecule has 0 aliphatic carbocycles. The fourth-order valence-corrected chi connectivity index (χ4v) is 2.28. The molecular formula is C15H10ClF8N3O. The molecule has 0 spiro atoms. The van der Waals surface area contributed by atoms with E-state index in [1.54, 1.807) is 0 Å². The Bertz CT molecular complexity index is 894. The molecule has 0 saturated heterocycles. The van der Waals surface area contributed by atoms with Gasteiger partial charge >= 0.3 is 23.9 Å². The van der Waals surface area contributed by atoms with Gasteiger partial charge in [0, 0.05) is 16.8 Å². The van der Waals surface area contributed by atoms with Crippen LogP contribution in [0, 0.1) is 12.7 Å². The largest absolute Gasteiger partial charge is 0.460 e. The number of nitrogens with one attached hydrogen (secondary N) is 1. The van der Waals surface area contributed by atoms with E-state index >= 15 is 0 Å². The number of hydrogen-bond acceptors (Lipinski definition) is 2. The fourth-order valence-electron chi connectivity index (χ4n) is 2.06. The van der Waals surface area contributed by atoms with Crippen molar-refractivity contribution in [2.75, 3.05) is 5.32 Å². The summed E-state index contributed by atoms with van der Waals surface area (Å²) in [5.74, 6) is -16.8. The smallest absolute Gasteiger partial charge is 0.304 e. The molecule has 0 aliphatic heterocycles. The number of benzene rings is 1. The lowest BCUT2D eigenvalue weighted by Gasteiger charge is -2.26. The summed E-state index contributed by atoms with van der Waals surface area (Å²) in [6, 6.07) is 4.35. The molecule has 13 heteroatoms. The molecule has 1 amide bonds. The van der Waals surface area contributed by atoms with Crippen LogP contribution in [-0.2, 0) is 11.3 Å². The second-order valence-electron chi connectivity index (χ2n) is 5.67. The van der Waals surface area contributed by atoms with Crippen LogP contribution in [0.25, 0.3) is 0 Å². The molecule has 154 valence electrons. The second-order valence-corrected chi connectivity index (χ2v) is 6.07. The van der Waals surface area contributed by atoms with E-state index < -0.39 is 35.6 Å². The summed E-state index contributed by atoms with van der Waals surface area (Å²) in [5.41, 5.74) is 0.572. The number of nitrogens with zero attached hydrogens (tertiary/aromatic N) is 2. The van der Waals surface area contributed by atoms with Gasteiger partial charge in [0.2, 0.25) is 0 Å². The maximum absolute atomic E-state index is 13.4. The van der Waals surface area contributed by atoms with Crippen molar-refractivity contribution in [3.8, 4) is 0 Å². The van der Waals surface area contributed by atoms with Gasteiger partial charge in [-0.3, -0.25) is 9.48 Å². The number of aryl methyl sites for hydroxylation is 1. The summed E-state index contributed by atoms with van der Waals surface area (Å²) in [6.45, 7) is 1.28. The lowest BCUT2D eigenvalue weighted by molar-refractivity contribution is -0.343. The van der Waals surface area contributed by atoms with Gasteiger partial charge in [0.25, 0.3) is 0 Å². The molecule has 4 nitrogen and oxygen atoms in total. The van der Waals surface area contributed by atoms with Crippen LogP contribution in [0.3, 0.4) is 0 Å². The van der Waals surface area contributed by atoms with Crippen LogP contribution in [0.1, 0.15) is 11.3 Å². The molecule has 28 heavy (non-hydrogen) atoms. The Morgan fingerprint density at radius 1 is 1.14 bits per heavy atom. The van der Waals surface area contributed by atoms with Crippen LogP contribution < -0.4 is 5.32 Å². The minimum Gasteiger partial charge on any atom is -0.304 e. The van der Waals surface area contributed by atoms with Crippen molar-refractivity contribution in [2.45, 2.75) is 31.5 Å². The Hall–Kier alpha value is -2.37. The quantitative estimate of drug-likeness (QED) is 0.686. The van der Waals surface area contributed by atoms with Gasteiger partial charge in [0.1, 0.15) is 5.82 Å². The molecule has 2 rings (SSSR count). The third kappa shape index (κ3) is 4.05. The maximum atomic E-state index is 13.4. The van der Waals surface area contributed by atoms with Crippen molar-refractivity contribution in [1.29, 1.82) is 0 Å². The van der Waals surface area contributed by atoms with Crippen LogP contribution in [0.15, 0.2) is 24.3 Å². The number of halogens is 9. The van der Waals surface area contributed by atoms with Gasteiger partial charge in [0.15, 0.2) is 5.82 Å². The van der Waals surface area contributed by atoms with Crippen LogP contribution in [-0.4, -0.2) is 33.7 Å². The van der Waals surface area contributed by atoms with Gasteiger partial charge in [-0.25, -0.2) is 4.39 Å². The van der Waals surface area contributed by atoms with E-state index in [2.05, 4.69) is 5.10 Å². The number of amides is 1. The lowest BCUT2D eigenvalue weighted by Crippen LogP contribution is -2.57. The average molecular weight is 436 g/mol. The Balaban J connectivity index is 2.22. The standard InChI is InChI=1S/C15H10ClF8N3O/c1-7-4-11(25-12(28)13(18,19)14(20,21)15(22,23)24)26-27(7)6-8-2-3-9(17)5-10(8)16/h2-5H,6H2,1H3,(H,25,26,28). The highest BCUT2D eigenvalue weighted by molar-refractivity contribution is 6.31. The molecule has 0 unspecified atom stereocenters. The number of carbonyl (C=O) groups is 1. The van der Waals surface area contributed by atoms with Crippen LogP contribution >= 0.6 is 11.6 Å². The number of aromatic nitrogens is 2.